The Hall–Kier alpha value is -2.06. The lowest BCUT2D eigenvalue weighted by atomic mass is 9.97. The zero-order valence-corrected chi connectivity index (χ0v) is 20.3. The van der Waals surface area contributed by atoms with Crippen LogP contribution in [0.25, 0.3) is 10.2 Å². The van der Waals surface area contributed by atoms with Crippen molar-refractivity contribution in [2.24, 2.45) is 5.92 Å². The molecule has 6 nitrogen and oxygen atoms in total. The lowest BCUT2D eigenvalue weighted by molar-refractivity contribution is -0.131. The number of carbonyl (C=O) groups is 1. The molecule has 1 atom stereocenters. The Bertz CT molecular complexity index is 1170. The number of fused-ring (bicyclic) bond motifs is 3. The summed E-state index contributed by atoms with van der Waals surface area (Å²) in [6, 6.07) is 3.70. The summed E-state index contributed by atoms with van der Waals surface area (Å²) < 4.78 is 7.25. The third-order valence-electron chi connectivity index (χ3n) is 6.66. The van der Waals surface area contributed by atoms with E-state index in [1.165, 1.54) is 28.6 Å². The molecule has 1 unspecified atom stereocenters. The molecule has 0 spiro atoms. The molecule has 1 fully saturated rings. The zero-order chi connectivity index (χ0) is 22.2. The fourth-order valence-corrected chi connectivity index (χ4v) is 7.00. The number of aryl methyl sites for hydroxylation is 2. The molecular weight excluding hydrogens is 442 g/mol. The van der Waals surface area contributed by atoms with Crippen LogP contribution in [-0.4, -0.2) is 38.7 Å². The second-order valence-electron chi connectivity index (χ2n) is 9.02. The van der Waals surface area contributed by atoms with Crippen LogP contribution in [0.15, 0.2) is 32.8 Å². The largest absolute Gasteiger partial charge is 0.467 e. The number of aromatic nitrogens is 2. The Morgan fingerprint density at radius 3 is 2.84 bits per heavy atom. The monoisotopic (exact) mass is 471 g/mol. The van der Waals surface area contributed by atoms with E-state index in [9.17, 15) is 9.59 Å². The molecule has 5 rings (SSSR count). The van der Waals surface area contributed by atoms with Gasteiger partial charge in [-0.25, -0.2) is 4.98 Å². The number of hydrogen-bond acceptors (Lipinski definition) is 6. The number of carbonyl (C=O) groups excluding carboxylic acids is 1. The van der Waals surface area contributed by atoms with Gasteiger partial charge in [-0.1, -0.05) is 18.7 Å². The van der Waals surface area contributed by atoms with Gasteiger partial charge in [0.25, 0.3) is 5.56 Å². The minimum atomic E-state index is -0.301. The number of amides is 1. The molecule has 0 N–H and O–H groups in total. The highest BCUT2D eigenvalue weighted by Gasteiger charge is 2.28. The maximum absolute atomic E-state index is 13.7. The summed E-state index contributed by atoms with van der Waals surface area (Å²) in [5.41, 5.74) is 1.17. The number of nitrogens with zero attached hydrogens (tertiary/aromatic N) is 3. The third-order valence-corrected chi connectivity index (χ3v) is 8.92. The molecule has 8 heteroatoms. The maximum atomic E-state index is 13.7. The van der Waals surface area contributed by atoms with Gasteiger partial charge in [0, 0.05) is 18.0 Å². The molecule has 0 bridgehead atoms. The first-order valence-corrected chi connectivity index (χ1v) is 13.2. The molecule has 32 heavy (non-hydrogen) atoms. The molecule has 1 aliphatic carbocycles. The van der Waals surface area contributed by atoms with Gasteiger partial charge in [0.1, 0.15) is 10.6 Å². The van der Waals surface area contributed by atoms with Gasteiger partial charge >= 0.3 is 0 Å². The predicted octanol–water partition coefficient (Wildman–Crippen LogP) is 4.72. The highest BCUT2D eigenvalue weighted by molar-refractivity contribution is 8.00. The Morgan fingerprint density at radius 2 is 2.09 bits per heavy atom. The molecule has 0 saturated carbocycles. The summed E-state index contributed by atoms with van der Waals surface area (Å²) in [6.07, 6.45) is 7.99. The van der Waals surface area contributed by atoms with E-state index in [2.05, 4.69) is 6.92 Å². The van der Waals surface area contributed by atoms with Gasteiger partial charge in [0.15, 0.2) is 5.16 Å². The number of hydrogen-bond donors (Lipinski definition) is 0. The van der Waals surface area contributed by atoms with Crippen LogP contribution in [0.2, 0.25) is 0 Å². The van der Waals surface area contributed by atoms with E-state index in [0.29, 0.717) is 23.4 Å². The predicted molar refractivity (Wildman–Crippen MR) is 129 cm³/mol. The summed E-state index contributed by atoms with van der Waals surface area (Å²) >= 11 is 3.05. The average molecular weight is 472 g/mol. The van der Waals surface area contributed by atoms with Crippen molar-refractivity contribution < 1.29 is 9.21 Å². The van der Waals surface area contributed by atoms with Crippen LogP contribution in [-0.2, 0) is 24.2 Å². The molecule has 0 aromatic carbocycles. The number of thiophene rings is 1. The molecule has 1 saturated heterocycles. The summed E-state index contributed by atoms with van der Waals surface area (Å²) in [4.78, 5) is 35.8. The standard InChI is InChI=1S/C24H29N3O3S2/c1-15-9-11-26(12-10-15)22(28)16(2)31-24-25-21-20(18-7-3-4-8-19(18)32-21)23(29)27(24)14-17-6-5-13-30-17/h5-6,13,15-16H,3-4,7-12,14H2,1-2H3. The molecule has 1 aliphatic heterocycles. The minimum Gasteiger partial charge on any atom is -0.467 e. The molecule has 2 aliphatic rings. The van der Waals surface area contributed by atoms with E-state index in [1.54, 1.807) is 22.2 Å². The zero-order valence-electron chi connectivity index (χ0n) is 18.6. The van der Waals surface area contributed by atoms with Gasteiger partial charge in [-0.05, 0) is 69.1 Å². The van der Waals surface area contributed by atoms with E-state index in [4.69, 9.17) is 9.40 Å². The van der Waals surface area contributed by atoms with Crippen molar-refractivity contribution in [1.82, 2.24) is 14.5 Å². The Balaban J connectivity index is 1.50. The molecular formula is C24H29N3O3S2. The van der Waals surface area contributed by atoms with Crippen molar-refractivity contribution in [3.8, 4) is 0 Å². The third kappa shape index (κ3) is 4.15. The normalized spacial score (nSPS) is 18.1. The molecule has 1 amide bonds. The number of likely N-dealkylation sites (tertiary alicyclic amines) is 1. The van der Waals surface area contributed by atoms with Gasteiger partial charge in [-0.3, -0.25) is 14.2 Å². The first-order valence-electron chi connectivity index (χ1n) is 11.5. The fourth-order valence-electron chi connectivity index (χ4n) is 4.70. The van der Waals surface area contributed by atoms with Gasteiger partial charge in [0.2, 0.25) is 5.91 Å². The SMILES string of the molecule is CC1CCN(C(=O)C(C)Sc2nc3sc4c(c3c(=O)n2Cc2ccco2)CCCC4)CC1. The summed E-state index contributed by atoms with van der Waals surface area (Å²) in [6.45, 7) is 6.12. The van der Waals surface area contributed by atoms with Crippen molar-refractivity contribution in [2.45, 2.75) is 69.3 Å². The van der Waals surface area contributed by atoms with Gasteiger partial charge in [0.05, 0.1) is 23.4 Å². The van der Waals surface area contributed by atoms with E-state index < -0.39 is 0 Å². The first-order chi connectivity index (χ1) is 15.5. The maximum Gasteiger partial charge on any atom is 0.263 e. The van der Waals surface area contributed by atoms with Crippen LogP contribution < -0.4 is 5.56 Å². The van der Waals surface area contributed by atoms with E-state index in [-0.39, 0.29) is 16.7 Å². The minimum absolute atomic E-state index is 0.0141. The van der Waals surface area contributed by atoms with Crippen molar-refractivity contribution in [3.63, 3.8) is 0 Å². The Kier molecular flexibility index (Phi) is 6.16. The molecule has 0 radical (unpaired) electrons. The lowest BCUT2D eigenvalue weighted by Gasteiger charge is -2.32. The van der Waals surface area contributed by atoms with Gasteiger partial charge in [-0.2, -0.15) is 0 Å². The smallest absolute Gasteiger partial charge is 0.263 e. The number of thioether (sulfide) groups is 1. The average Bonchev–Trinajstić information content (AvgIpc) is 3.43. The van der Waals surface area contributed by atoms with E-state index >= 15 is 0 Å². The highest BCUT2D eigenvalue weighted by Crippen LogP contribution is 2.35. The Morgan fingerprint density at radius 1 is 1.31 bits per heavy atom. The number of furan rings is 1. The molecule has 4 heterocycles. The molecule has 3 aromatic heterocycles. The quantitative estimate of drug-likeness (QED) is 0.398. The van der Waals surface area contributed by atoms with Gasteiger partial charge < -0.3 is 9.32 Å². The topological polar surface area (TPSA) is 68.3 Å². The lowest BCUT2D eigenvalue weighted by Crippen LogP contribution is -2.42. The van der Waals surface area contributed by atoms with Crippen molar-refractivity contribution in [1.29, 1.82) is 0 Å². The van der Waals surface area contributed by atoms with Crippen LogP contribution in [0.4, 0.5) is 0 Å². The van der Waals surface area contributed by atoms with Crippen molar-refractivity contribution in [3.05, 3.63) is 45.0 Å². The first kappa shape index (κ1) is 21.8. The fraction of sp³-hybridized carbons (Fsp3) is 0.542. The second kappa shape index (κ2) is 9.06. The van der Waals surface area contributed by atoms with Crippen molar-refractivity contribution >= 4 is 39.2 Å². The summed E-state index contributed by atoms with van der Waals surface area (Å²) in [5, 5.41) is 1.07. The number of rotatable bonds is 5. The Labute approximate surface area is 196 Å². The van der Waals surface area contributed by atoms with Crippen LogP contribution in [0.1, 0.15) is 55.7 Å². The number of piperidine rings is 1. The van der Waals surface area contributed by atoms with Gasteiger partial charge in [-0.15, -0.1) is 11.3 Å². The van der Waals surface area contributed by atoms with Crippen LogP contribution in [0.5, 0.6) is 0 Å². The second-order valence-corrected chi connectivity index (χ2v) is 11.4. The summed E-state index contributed by atoms with van der Waals surface area (Å²) in [5.74, 6) is 1.52. The van der Waals surface area contributed by atoms with E-state index in [1.807, 2.05) is 24.0 Å². The molecule has 170 valence electrons. The molecule has 3 aromatic rings. The van der Waals surface area contributed by atoms with Crippen molar-refractivity contribution in [2.75, 3.05) is 13.1 Å². The summed E-state index contributed by atoms with van der Waals surface area (Å²) in [7, 11) is 0. The van der Waals surface area contributed by atoms with Crippen LogP contribution >= 0.6 is 23.1 Å². The van der Waals surface area contributed by atoms with Crippen LogP contribution in [0.3, 0.4) is 0 Å². The highest BCUT2D eigenvalue weighted by atomic mass is 32.2. The van der Waals surface area contributed by atoms with E-state index in [0.717, 1.165) is 55.4 Å². The van der Waals surface area contributed by atoms with Crippen LogP contribution in [0, 0.1) is 5.92 Å².